The van der Waals surface area contributed by atoms with Crippen molar-refractivity contribution in [1.29, 1.82) is 0 Å². The van der Waals surface area contributed by atoms with Crippen LogP contribution < -0.4 is 4.90 Å². The minimum atomic E-state index is -3.19. The Labute approximate surface area is 247 Å². The molecule has 2 aromatic rings. The highest BCUT2D eigenvalue weighted by Gasteiger charge is 2.30. The van der Waals surface area contributed by atoms with E-state index in [9.17, 15) is 23.1 Å². The third kappa shape index (κ3) is 8.73. The topological polar surface area (TPSA) is 111 Å². The molecule has 4 rings (SSSR count). The summed E-state index contributed by atoms with van der Waals surface area (Å²) >= 11 is 0. The summed E-state index contributed by atoms with van der Waals surface area (Å²) in [6, 6.07) is 11.2. The van der Waals surface area contributed by atoms with Crippen LogP contribution in [0.1, 0.15) is 42.3 Å². The lowest BCUT2D eigenvalue weighted by Crippen LogP contribution is -2.50. The lowest BCUT2D eigenvalue weighted by atomic mass is 10.1. The summed E-state index contributed by atoms with van der Waals surface area (Å²) in [5.74, 6) is -1.49. The SMILES string of the molecule is CCOC(=O)c1ccc(CN(C(=O)N2CCS(=O)(=O)CC2)c2ccc(CN3CCN(CC(C)(C)O)CC3)cc2)c(F)c1. The number of carbonyl (C=O) groups is 2. The van der Waals surface area contributed by atoms with E-state index in [4.69, 9.17) is 4.74 Å². The number of aliphatic hydroxyl groups is 1. The van der Waals surface area contributed by atoms with Gasteiger partial charge < -0.3 is 14.7 Å². The lowest BCUT2D eigenvalue weighted by molar-refractivity contribution is 0.0166. The van der Waals surface area contributed by atoms with Gasteiger partial charge in [-0.15, -0.1) is 0 Å². The molecule has 2 saturated heterocycles. The maximum absolute atomic E-state index is 15.1. The Balaban J connectivity index is 1.49. The van der Waals surface area contributed by atoms with Crippen LogP contribution in [-0.2, 0) is 27.7 Å². The van der Waals surface area contributed by atoms with Crippen LogP contribution >= 0.6 is 0 Å². The highest BCUT2D eigenvalue weighted by Crippen LogP contribution is 2.24. The number of amides is 2. The highest BCUT2D eigenvalue weighted by molar-refractivity contribution is 7.91. The second-order valence-electron chi connectivity index (χ2n) is 11.6. The number of hydrogen-bond donors (Lipinski definition) is 1. The molecular weight excluding hydrogens is 563 g/mol. The predicted molar refractivity (Wildman–Crippen MR) is 159 cm³/mol. The number of benzene rings is 2. The first kappa shape index (κ1) is 31.9. The number of ether oxygens (including phenoxy) is 1. The quantitative estimate of drug-likeness (QED) is 0.435. The lowest BCUT2D eigenvalue weighted by Gasteiger charge is -2.37. The van der Waals surface area contributed by atoms with Gasteiger partial charge in [0.2, 0.25) is 0 Å². The van der Waals surface area contributed by atoms with Gasteiger partial charge in [0.15, 0.2) is 9.84 Å². The molecule has 0 aliphatic carbocycles. The molecule has 0 bridgehead atoms. The van der Waals surface area contributed by atoms with Crippen LogP contribution in [0.5, 0.6) is 0 Å². The van der Waals surface area contributed by atoms with Crippen molar-refractivity contribution in [2.24, 2.45) is 0 Å². The number of hydrogen-bond acceptors (Lipinski definition) is 8. The number of β-amino-alcohol motifs (C(OH)–C–C–N with tert-alkyl or cyclic N) is 1. The standard InChI is InChI=1S/C30H41FN4O6S/c1-4-41-28(36)24-7-8-25(27(31)19-24)21-35(29(37)34-15-17-42(39,40)18-16-34)26-9-5-23(6-10-26)20-32-11-13-33(14-12-32)22-30(2,3)38/h5-10,19,38H,4,11-18,20-22H2,1-3H3. The molecule has 0 aromatic heterocycles. The number of sulfone groups is 1. The molecule has 0 radical (unpaired) electrons. The van der Waals surface area contributed by atoms with Crippen molar-refractivity contribution in [2.45, 2.75) is 39.5 Å². The number of halogens is 1. The van der Waals surface area contributed by atoms with Crippen LogP contribution in [0.4, 0.5) is 14.9 Å². The van der Waals surface area contributed by atoms with E-state index in [0.29, 0.717) is 12.2 Å². The van der Waals surface area contributed by atoms with Crippen molar-refractivity contribution in [3.8, 4) is 0 Å². The highest BCUT2D eigenvalue weighted by atomic mass is 32.2. The molecule has 2 aliphatic rings. The number of nitrogens with zero attached hydrogens (tertiary/aromatic N) is 4. The van der Waals surface area contributed by atoms with E-state index in [1.165, 1.54) is 21.9 Å². The maximum atomic E-state index is 15.1. The first-order valence-electron chi connectivity index (χ1n) is 14.3. The molecule has 2 aliphatic heterocycles. The Morgan fingerprint density at radius 1 is 0.976 bits per heavy atom. The summed E-state index contributed by atoms with van der Waals surface area (Å²) in [5.41, 5.74) is 1.20. The van der Waals surface area contributed by atoms with Gasteiger partial charge in [-0.3, -0.25) is 14.7 Å². The van der Waals surface area contributed by atoms with E-state index in [-0.39, 0.29) is 48.9 Å². The minimum absolute atomic E-state index is 0.0689. The number of rotatable bonds is 9. The molecule has 0 unspecified atom stereocenters. The second kappa shape index (κ2) is 13.5. The number of anilines is 1. The van der Waals surface area contributed by atoms with Gasteiger partial charge in [0.25, 0.3) is 0 Å². The summed E-state index contributed by atoms with van der Waals surface area (Å²) in [5, 5.41) is 10.1. The second-order valence-corrected chi connectivity index (χ2v) is 13.9. The normalized spacial score (nSPS) is 18.1. The molecule has 2 amide bonds. The Morgan fingerprint density at radius 3 is 2.17 bits per heavy atom. The van der Waals surface area contributed by atoms with Crippen LogP contribution in [0, 0.1) is 5.82 Å². The number of piperazine rings is 1. The largest absolute Gasteiger partial charge is 0.462 e. The van der Waals surface area contributed by atoms with Gasteiger partial charge in [-0.25, -0.2) is 22.4 Å². The fourth-order valence-corrected chi connectivity index (χ4v) is 6.42. The van der Waals surface area contributed by atoms with E-state index in [0.717, 1.165) is 44.4 Å². The smallest absolute Gasteiger partial charge is 0.338 e. The number of carbonyl (C=O) groups excluding carboxylic acids is 2. The van der Waals surface area contributed by atoms with E-state index in [1.54, 1.807) is 6.92 Å². The van der Waals surface area contributed by atoms with Crippen LogP contribution in [0.15, 0.2) is 42.5 Å². The molecule has 2 aromatic carbocycles. The van der Waals surface area contributed by atoms with Crippen LogP contribution in [0.2, 0.25) is 0 Å². The molecule has 230 valence electrons. The fraction of sp³-hybridized carbons (Fsp3) is 0.533. The van der Waals surface area contributed by atoms with E-state index in [2.05, 4.69) is 9.80 Å². The van der Waals surface area contributed by atoms with E-state index >= 15 is 4.39 Å². The third-order valence-corrected chi connectivity index (χ3v) is 9.08. The number of esters is 1. The summed E-state index contributed by atoms with van der Waals surface area (Å²) in [6.45, 7) is 10.4. The van der Waals surface area contributed by atoms with Gasteiger partial charge in [-0.1, -0.05) is 18.2 Å². The fourth-order valence-electron chi connectivity index (χ4n) is 5.22. The number of urea groups is 1. The Morgan fingerprint density at radius 2 is 1.60 bits per heavy atom. The van der Waals surface area contributed by atoms with Crippen LogP contribution in [-0.4, -0.2) is 110 Å². The predicted octanol–water partition coefficient (Wildman–Crippen LogP) is 2.75. The van der Waals surface area contributed by atoms with Gasteiger partial charge in [0, 0.05) is 63.6 Å². The molecule has 1 N–H and O–H groups in total. The van der Waals surface area contributed by atoms with Gasteiger partial charge in [-0.2, -0.15) is 0 Å². The van der Waals surface area contributed by atoms with Crippen molar-refractivity contribution in [3.63, 3.8) is 0 Å². The van der Waals surface area contributed by atoms with Crippen LogP contribution in [0.3, 0.4) is 0 Å². The average Bonchev–Trinajstić information content (AvgIpc) is 2.93. The Kier molecular flexibility index (Phi) is 10.2. The van der Waals surface area contributed by atoms with Crippen LogP contribution in [0.25, 0.3) is 0 Å². The molecule has 0 saturated carbocycles. The summed E-state index contributed by atoms with van der Waals surface area (Å²) in [7, 11) is -3.19. The van der Waals surface area contributed by atoms with Crippen molar-refractivity contribution in [1.82, 2.24) is 14.7 Å². The minimum Gasteiger partial charge on any atom is -0.462 e. The van der Waals surface area contributed by atoms with E-state index in [1.807, 2.05) is 38.1 Å². The van der Waals surface area contributed by atoms with Gasteiger partial charge in [0.1, 0.15) is 5.82 Å². The Bertz CT molecular complexity index is 1340. The summed E-state index contributed by atoms with van der Waals surface area (Å²) in [4.78, 5) is 33.2. The zero-order valence-corrected chi connectivity index (χ0v) is 25.4. The third-order valence-electron chi connectivity index (χ3n) is 7.47. The maximum Gasteiger partial charge on any atom is 0.338 e. The monoisotopic (exact) mass is 604 g/mol. The molecule has 2 fully saturated rings. The Hall–Kier alpha value is -3.06. The van der Waals surface area contributed by atoms with Gasteiger partial charge in [0.05, 0.1) is 35.8 Å². The molecule has 12 heteroatoms. The molecular formula is C30H41FN4O6S. The van der Waals surface area contributed by atoms with Crippen molar-refractivity contribution in [3.05, 3.63) is 65.0 Å². The molecule has 0 spiro atoms. The zero-order chi connectivity index (χ0) is 30.5. The van der Waals surface area contributed by atoms with Crippen molar-refractivity contribution < 1.29 is 32.2 Å². The zero-order valence-electron chi connectivity index (χ0n) is 24.6. The average molecular weight is 605 g/mol. The molecule has 42 heavy (non-hydrogen) atoms. The van der Waals surface area contributed by atoms with E-state index < -0.39 is 33.3 Å². The molecule has 10 nitrogen and oxygen atoms in total. The first-order chi connectivity index (χ1) is 19.8. The van der Waals surface area contributed by atoms with Gasteiger partial charge >= 0.3 is 12.0 Å². The van der Waals surface area contributed by atoms with Crippen molar-refractivity contribution in [2.75, 3.05) is 68.8 Å². The summed E-state index contributed by atoms with van der Waals surface area (Å²) < 4.78 is 44.0. The summed E-state index contributed by atoms with van der Waals surface area (Å²) in [6.07, 6.45) is 0. The first-order valence-corrected chi connectivity index (χ1v) is 16.1. The molecule has 0 atom stereocenters. The molecule has 2 heterocycles. The van der Waals surface area contributed by atoms with Crippen molar-refractivity contribution >= 4 is 27.5 Å². The van der Waals surface area contributed by atoms with Gasteiger partial charge in [-0.05, 0) is 50.6 Å².